The van der Waals surface area contributed by atoms with Crippen molar-refractivity contribution in [3.05, 3.63) is 23.8 Å². The van der Waals surface area contributed by atoms with Crippen molar-refractivity contribution in [3.63, 3.8) is 0 Å². The largest absolute Gasteiger partial charge is 0.497 e. The van der Waals surface area contributed by atoms with Crippen molar-refractivity contribution in [2.45, 2.75) is 38.1 Å². The van der Waals surface area contributed by atoms with Crippen LogP contribution >= 0.6 is 0 Å². The van der Waals surface area contributed by atoms with Gasteiger partial charge in [0, 0.05) is 29.6 Å². The SMILES string of the molecule is COc1ccc2c(c1)C(NC(=O)C1CC1)CCN2C(=O)C1CC1. The van der Waals surface area contributed by atoms with E-state index in [-0.39, 0.29) is 29.7 Å². The third kappa shape index (κ3) is 2.80. The molecule has 2 fully saturated rings. The Morgan fingerprint density at radius 3 is 2.52 bits per heavy atom. The highest BCUT2D eigenvalue weighted by Gasteiger charge is 2.38. The van der Waals surface area contributed by atoms with Gasteiger partial charge in [0.1, 0.15) is 5.75 Å². The van der Waals surface area contributed by atoms with Gasteiger partial charge in [-0.3, -0.25) is 9.59 Å². The molecule has 5 nitrogen and oxygen atoms in total. The fraction of sp³-hybridized carbons (Fsp3) is 0.556. The smallest absolute Gasteiger partial charge is 0.230 e. The summed E-state index contributed by atoms with van der Waals surface area (Å²) < 4.78 is 5.33. The van der Waals surface area contributed by atoms with Crippen LogP contribution in [0.15, 0.2) is 18.2 Å². The minimum absolute atomic E-state index is 0.0311. The first-order chi connectivity index (χ1) is 11.2. The van der Waals surface area contributed by atoms with E-state index < -0.39 is 0 Å². The average molecular weight is 314 g/mol. The van der Waals surface area contributed by atoms with E-state index in [1.165, 1.54) is 0 Å². The highest BCUT2D eigenvalue weighted by atomic mass is 16.5. The first-order valence-corrected chi connectivity index (χ1v) is 8.47. The van der Waals surface area contributed by atoms with Gasteiger partial charge in [0.15, 0.2) is 0 Å². The van der Waals surface area contributed by atoms with E-state index in [9.17, 15) is 9.59 Å². The maximum absolute atomic E-state index is 12.5. The molecule has 0 saturated heterocycles. The molecule has 1 N–H and O–H groups in total. The number of nitrogens with one attached hydrogen (secondary N) is 1. The van der Waals surface area contributed by atoms with Gasteiger partial charge in [-0.05, 0) is 50.3 Å². The number of fused-ring (bicyclic) bond motifs is 1. The van der Waals surface area contributed by atoms with Crippen LogP contribution < -0.4 is 15.0 Å². The molecule has 5 heteroatoms. The topological polar surface area (TPSA) is 58.6 Å². The van der Waals surface area contributed by atoms with Gasteiger partial charge < -0.3 is 15.0 Å². The lowest BCUT2D eigenvalue weighted by Gasteiger charge is -2.35. The highest BCUT2D eigenvalue weighted by Crippen LogP contribution is 2.41. The Hall–Kier alpha value is -2.04. The molecule has 0 radical (unpaired) electrons. The van der Waals surface area contributed by atoms with Crippen molar-refractivity contribution < 1.29 is 14.3 Å². The number of hydrogen-bond donors (Lipinski definition) is 1. The molecule has 3 aliphatic rings. The number of carbonyl (C=O) groups excluding carboxylic acids is 2. The molecule has 2 aliphatic carbocycles. The summed E-state index contributed by atoms with van der Waals surface area (Å²) in [6, 6.07) is 5.76. The molecule has 0 aromatic heterocycles. The minimum Gasteiger partial charge on any atom is -0.497 e. The lowest BCUT2D eigenvalue weighted by atomic mass is 9.95. The van der Waals surface area contributed by atoms with Crippen LogP contribution in [0.4, 0.5) is 5.69 Å². The predicted molar refractivity (Wildman–Crippen MR) is 86.3 cm³/mol. The van der Waals surface area contributed by atoms with E-state index in [1.54, 1.807) is 7.11 Å². The molecule has 1 heterocycles. The number of ether oxygens (including phenoxy) is 1. The van der Waals surface area contributed by atoms with Gasteiger partial charge in [0.2, 0.25) is 11.8 Å². The molecule has 23 heavy (non-hydrogen) atoms. The van der Waals surface area contributed by atoms with Crippen LogP contribution in [0.5, 0.6) is 5.75 Å². The molecule has 1 aromatic rings. The summed E-state index contributed by atoms with van der Waals surface area (Å²) >= 11 is 0. The molecular weight excluding hydrogens is 292 g/mol. The van der Waals surface area contributed by atoms with Crippen LogP contribution in [0.1, 0.15) is 43.7 Å². The molecule has 1 unspecified atom stereocenters. The second kappa shape index (κ2) is 5.55. The number of benzene rings is 1. The summed E-state index contributed by atoms with van der Waals surface area (Å²) in [5.74, 6) is 1.52. The number of rotatable bonds is 4. The van der Waals surface area contributed by atoms with Gasteiger partial charge >= 0.3 is 0 Å². The maximum atomic E-state index is 12.5. The summed E-state index contributed by atoms with van der Waals surface area (Å²) in [5, 5.41) is 3.16. The quantitative estimate of drug-likeness (QED) is 0.928. The van der Waals surface area contributed by atoms with Crippen LogP contribution in [-0.2, 0) is 9.59 Å². The molecule has 4 rings (SSSR count). The van der Waals surface area contributed by atoms with Crippen LogP contribution in [0, 0.1) is 11.8 Å². The molecule has 1 atom stereocenters. The van der Waals surface area contributed by atoms with Crippen LogP contribution in [0.25, 0.3) is 0 Å². The van der Waals surface area contributed by atoms with Gasteiger partial charge in [0.25, 0.3) is 0 Å². The zero-order chi connectivity index (χ0) is 16.0. The zero-order valence-corrected chi connectivity index (χ0v) is 13.4. The van der Waals surface area contributed by atoms with Gasteiger partial charge in [0.05, 0.1) is 13.2 Å². The van der Waals surface area contributed by atoms with Crippen molar-refractivity contribution in [3.8, 4) is 5.75 Å². The number of hydrogen-bond acceptors (Lipinski definition) is 3. The molecule has 122 valence electrons. The van der Waals surface area contributed by atoms with Crippen LogP contribution in [-0.4, -0.2) is 25.5 Å². The van der Waals surface area contributed by atoms with Crippen LogP contribution in [0.2, 0.25) is 0 Å². The van der Waals surface area contributed by atoms with Gasteiger partial charge in [-0.15, -0.1) is 0 Å². The predicted octanol–water partition coefficient (Wildman–Crippen LogP) is 2.41. The van der Waals surface area contributed by atoms with Gasteiger partial charge in [-0.25, -0.2) is 0 Å². The molecule has 1 aliphatic heterocycles. The Morgan fingerprint density at radius 2 is 1.87 bits per heavy atom. The zero-order valence-electron chi connectivity index (χ0n) is 13.4. The normalized spacial score (nSPS) is 23.2. The van der Waals surface area contributed by atoms with Crippen molar-refractivity contribution >= 4 is 17.5 Å². The van der Waals surface area contributed by atoms with Crippen molar-refractivity contribution in [1.82, 2.24) is 5.32 Å². The number of anilines is 1. The third-order valence-electron chi connectivity index (χ3n) is 5.00. The second-order valence-corrected chi connectivity index (χ2v) is 6.81. The number of amides is 2. The molecule has 0 bridgehead atoms. The second-order valence-electron chi connectivity index (χ2n) is 6.81. The lowest BCUT2D eigenvalue weighted by Crippen LogP contribution is -2.42. The van der Waals surface area contributed by atoms with E-state index in [0.717, 1.165) is 49.1 Å². The van der Waals surface area contributed by atoms with E-state index in [4.69, 9.17) is 4.74 Å². The average Bonchev–Trinajstić information content (AvgIpc) is 3.46. The maximum Gasteiger partial charge on any atom is 0.230 e. The Bertz CT molecular complexity index is 650. The first kappa shape index (κ1) is 14.5. The fourth-order valence-corrected chi connectivity index (χ4v) is 3.28. The van der Waals surface area contributed by atoms with Gasteiger partial charge in [-0.1, -0.05) is 0 Å². The molecule has 2 saturated carbocycles. The summed E-state index contributed by atoms with van der Waals surface area (Å²) in [5.41, 5.74) is 1.92. The standard InChI is InChI=1S/C18H22N2O3/c1-23-13-6-7-16-14(10-13)15(19-17(21)11-2-3-11)8-9-20(16)18(22)12-4-5-12/h6-7,10-12,15H,2-5,8-9H2,1H3,(H,19,21). The van der Waals surface area contributed by atoms with Gasteiger partial charge in [-0.2, -0.15) is 0 Å². The van der Waals surface area contributed by atoms with Crippen LogP contribution in [0.3, 0.4) is 0 Å². The van der Waals surface area contributed by atoms with E-state index in [2.05, 4.69) is 5.32 Å². The molecule has 1 aromatic carbocycles. The summed E-state index contributed by atoms with van der Waals surface area (Å²) in [6.45, 7) is 0.671. The van der Waals surface area contributed by atoms with E-state index >= 15 is 0 Å². The van der Waals surface area contributed by atoms with E-state index in [0.29, 0.717) is 6.54 Å². The summed E-state index contributed by atoms with van der Waals surface area (Å²) in [4.78, 5) is 26.6. The number of nitrogens with zero attached hydrogens (tertiary/aromatic N) is 1. The molecule has 0 spiro atoms. The Balaban J connectivity index is 1.63. The minimum atomic E-state index is -0.0311. The Labute approximate surface area is 136 Å². The summed E-state index contributed by atoms with van der Waals surface area (Å²) in [6.07, 6.45) is 4.76. The fourth-order valence-electron chi connectivity index (χ4n) is 3.28. The third-order valence-corrected chi connectivity index (χ3v) is 5.00. The van der Waals surface area contributed by atoms with Crippen molar-refractivity contribution in [1.29, 1.82) is 0 Å². The first-order valence-electron chi connectivity index (χ1n) is 8.47. The van der Waals surface area contributed by atoms with Crippen molar-refractivity contribution in [2.24, 2.45) is 11.8 Å². The molecular formula is C18H22N2O3. The number of carbonyl (C=O) groups is 2. The Morgan fingerprint density at radius 1 is 1.13 bits per heavy atom. The number of methoxy groups -OCH3 is 1. The lowest BCUT2D eigenvalue weighted by molar-refractivity contribution is -0.123. The molecule has 2 amide bonds. The van der Waals surface area contributed by atoms with E-state index in [1.807, 2.05) is 23.1 Å². The monoisotopic (exact) mass is 314 g/mol. The van der Waals surface area contributed by atoms with Crippen molar-refractivity contribution in [2.75, 3.05) is 18.6 Å². The summed E-state index contributed by atoms with van der Waals surface area (Å²) in [7, 11) is 1.63. The highest BCUT2D eigenvalue weighted by molar-refractivity contribution is 5.98. The Kier molecular flexibility index (Phi) is 3.51.